The van der Waals surface area contributed by atoms with Crippen LogP contribution in [0.2, 0.25) is 0 Å². The quantitative estimate of drug-likeness (QED) is 0.722. The van der Waals surface area contributed by atoms with Gasteiger partial charge in [0.2, 0.25) is 0 Å². The van der Waals surface area contributed by atoms with E-state index in [4.69, 9.17) is 0 Å². The molecule has 130 valence electrons. The molecule has 0 aliphatic rings. The number of hydrogen-bond donors (Lipinski definition) is 2. The monoisotopic (exact) mass is 348 g/mol. The van der Waals surface area contributed by atoms with Crippen LogP contribution in [0.3, 0.4) is 0 Å². The first-order chi connectivity index (χ1) is 12.5. The molecule has 0 fully saturated rings. The van der Waals surface area contributed by atoms with Crippen LogP contribution in [-0.2, 0) is 0 Å². The Morgan fingerprint density at radius 3 is 1.85 bits per heavy atom. The zero-order chi connectivity index (χ0) is 18.5. The zero-order valence-corrected chi connectivity index (χ0v) is 14.1. The Kier molecular flexibility index (Phi) is 5.08. The molecule has 3 rings (SSSR count). The summed E-state index contributed by atoms with van der Waals surface area (Å²) in [5.74, 6) is -0.914. The van der Waals surface area contributed by atoms with E-state index in [9.17, 15) is 14.0 Å². The lowest BCUT2D eigenvalue weighted by Gasteiger charge is -2.09. The van der Waals surface area contributed by atoms with E-state index in [0.29, 0.717) is 22.5 Å². The van der Waals surface area contributed by atoms with Gasteiger partial charge in [-0.3, -0.25) is 9.59 Å². The topological polar surface area (TPSA) is 58.2 Å². The maximum atomic E-state index is 12.9. The molecule has 0 unspecified atom stereocenters. The van der Waals surface area contributed by atoms with Crippen LogP contribution in [0.4, 0.5) is 15.8 Å². The number of nitrogens with one attached hydrogen (secondary N) is 2. The molecule has 3 aromatic rings. The third-order valence-corrected chi connectivity index (χ3v) is 3.90. The van der Waals surface area contributed by atoms with Gasteiger partial charge in [0.15, 0.2) is 0 Å². The minimum atomic E-state index is -0.393. The smallest absolute Gasteiger partial charge is 0.255 e. The second-order valence-corrected chi connectivity index (χ2v) is 5.81. The first-order valence-electron chi connectivity index (χ1n) is 8.07. The van der Waals surface area contributed by atoms with E-state index in [1.807, 2.05) is 25.1 Å². The van der Waals surface area contributed by atoms with Crippen LogP contribution >= 0.6 is 0 Å². The van der Waals surface area contributed by atoms with Gasteiger partial charge in [0.1, 0.15) is 5.82 Å². The highest BCUT2D eigenvalue weighted by molar-refractivity contribution is 6.06. The largest absolute Gasteiger partial charge is 0.322 e. The fraction of sp³-hybridized carbons (Fsp3) is 0.0476. The summed E-state index contributed by atoms with van der Waals surface area (Å²) >= 11 is 0. The number of halogens is 1. The summed E-state index contributed by atoms with van der Waals surface area (Å²) in [6.07, 6.45) is 0. The van der Waals surface area contributed by atoms with Crippen molar-refractivity contribution >= 4 is 23.2 Å². The lowest BCUT2D eigenvalue weighted by atomic mass is 10.1. The first-order valence-corrected chi connectivity index (χ1v) is 8.07. The maximum absolute atomic E-state index is 12.9. The molecular weight excluding hydrogens is 331 g/mol. The maximum Gasteiger partial charge on any atom is 0.255 e. The van der Waals surface area contributed by atoms with E-state index < -0.39 is 5.82 Å². The summed E-state index contributed by atoms with van der Waals surface area (Å²) in [5.41, 5.74) is 3.07. The number of carbonyl (C=O) groups is 2. The predicted molar refractivity (Wildman–Crippen MR) is 99.9 cm³/mol. The van der Waals surface area contributed by atoms with Crippen LogP contribution in [0, 0.1) is 12.7 Å². The lowest BCUT2D eigenvalue weighted by molar-refractivity contribution is 0.101. The summed E-state index contributed by atoms with van der Waals surface area (Å²) in [6, 6.07) is 19.4. The van der Waals surface area contributed by atoms with Crippen LogP contribution in [-0.4, -0.2) is 11.8 Å². The molecule has 3 aromatic carbocycles. The van der Waals surface area contributed by atoms with E-state index in [1.54, 1.807) is 30.3 Å². The van der Waals surface area contributed by atoms with Gasteiger partial charge < -0.3 is 10.6 Å². The Labute approximate surface area is 150 Å². The van der Waals surface area contributed by atoms with Gasteiger partial charge in [-0.15, -0.1) is 0 Å². The fourth-order valence-electron chi connectivity index (χ4n) is 2.47. The zero-order valence-electron chi connectivity index (χ0n) is 14.1. The van der Waals surface area contributed by atoms with Crippen LogP contribution in [0.1, 0.15) is 26.3 Å². The van der Waals surface area contributed by atoms with Crippen molar-refractivity contribution in [3.05, 3.63) is 95.3 Å². The third-order valence-electron chi connectivity index (χ3n) is 3.90. The van der Waals surface area contributed by atoms with Gasteiger partial charge in [0.05, 0.1) is 0 Å². The average molecular weight is 348 g/mol. The summed E-state index contributed by atoms with van der Waals surface area (Å²) in [7, 11) is 0. The van der Waals surface area contributed by atoms with Gasteiger partial charge >= 0.3 is 0 Å². The van der Waals surface area contributed by atoms with Crippen molar-refractivity contribution in [1.29, 1.82) is 0 Å². The van der Waals surface area contributed by atoms with E-state index in [2.05, 4.69) is 10.6 Å². The first kappa shape index (κ1) is 17.4. The predicted octanol–water partition coefficient (Wildman–Crippen LogP) is 4.64. The van der Waals surface area contributed by atoms with Crippen LogP contribution in [0.5, 0.6) is 0 Å². The van der Waals surface area contributed by atoms with Crippen LogP contribution in [0.15, 0.2) is 72.8 Å². The Hall–Kier alpha value is -3.47. The Morgan fingerprint density at radius 1 is 0.731 bits per heavy atom. The Bertz CT molecular complexity index is 935. The van der Waals surface area contributed by atoms with Crippen LogP contribution < -0.4 is 10.6 Å². The minimum Gasteiger partial charge on any atom is -0.322 e. The van der Waals surface area contributed by atoms with E-state index >= 15 is 0 Å². The van der Waals surface area contributed by atoms with Crippen molar-refractivity contribution in [3.8, 4) is 0 Å². The molecule has 26 heavy (non-hydrogen) atoms. The molecule has 0 saturated heterocycles. The molecule has 0 aromatic heterocycles. The van der Waals surface area contributed by atoms with Crippen molar-refractivity contribution in [1.82, 2.24) is 0 Å². The number of amides is 2. The summed E-state index contributed by atoms with van der Waals surface area (Å²) in [4.78, 5) is 24.4. The number of rotatable bonds is 4. The number of hydrogen-bond acceptors (Lipinski definition) is 2. The Balaban J connectivity index is 1.65. The standard InChI is InChI=1S/C21H17FN2O2/c1-14-4-2-3-5-19(14)21(26)24-18-12-10-17(11-13-18)23-20(25)15-6-8-16(22)9-7-15/h2-13H,1H3,(H,23,25)(H,24,26). The summed E-state index contributed by atoms with van der Waals surface area (Å²) in [6.45, 7) is 1.88. The SMILES string of the molecule is Cc1ccccc1C(=O)Nc1ccc(NC(=O)c2ccc(F)cc2)cc1. The van der Waals surface area contributed by atoms with Crippen molar-refractivity contribution in [2.75, 3.05) is 10.6 Å². The number of benzene rings is 3. The second kappa shape index (κ2) is 7.61. The fourth-order valence-corrected chi connectivity index (χ4v) is 2.47. The molecule has 4 nitrogen and oxygen atoms in total. The average Bonchev–Trinajstić information content (AvgIpc) is 2.64. The van der Waals surface area contributed by atoms with Gasteiger partial charge in [-0.25, -0.2) is 4.39 Å². The van der Waals surface area contributed by atoms with E-state index in [-0.39, 0.29) is 11.8 Å². The summed E-state index contributed by atoms with van der Waals surface area (Å²) in [5, 5.41) is 5.55. The van der Waals surface area contributed by atoms with Gasteiger partial charge in [-0.05, 0) is 67.1 Å². The van der Waals surface area contributed by atoms with Crippen molar-refractivity contribution < 1.29 is 14.0 Å². The summed E-state index contributed by atoms with van der Waals surface area (Å²) < 4.78 is 12.9. The minimum absolute atomic E-state index is 0.189. The molecule has 0 radical (unpaired) electrons. The Morgan fingerprint density at radius 2 is 1.27 bits per heavy atom. The van der Waals surface area contributed by atoms with Gasteiger partial charge in [0.25, 0.3) is 11.8 Å². The molecule has 0 spiro atoms. The van der Waals surface area contributed by atoms with Gasteiger partial charge in [-0.1, -0.05) is 18.2 Å². The molecular formula is C21H17FN2O2. The molecule has 5 heteroatoms. The highest BCUT2D eigenvalue weighted by Gasteiger charge is 2.09. The van der Waals surface area contributed by atoms with Gasteiger partial charge in [0, 0.05) is 22.5 Å². The molecule has 2 N–H and O–H groups in total. The molecule has 2 amide bonds. The van der Waals surface area contributed by atoms with Crippen molar-refractivity contribution in [2.45, 2.75) is 6.92 Å². The molecule has 0 bridgehead atoms. The normalized spacial score (nSPS) is 10.2. The molecule has 0 heterocycles. The van der Waals surface area contributed by atoms with Crippen molar-refractivity contribution in [2.24, 2.45) is 0 Å². The number of aryl methyl sites for hydroxylation is 1. The van der Waals surface area contributed by atoms with E-state index in [0.717, 1.165) is 5.56 Å². The number of anilines is 2. The molecule has 0 saturated carbocycles. The van der Waals surface area contributed by atoms with Crippen molar-refractivity contribution in [3.63, 3.8) is 0 Å². The molecule has 0 atom stereocenters. The molecule has 0 aliphatic heterocycles. The van der Waals surface area contributed by atoms with E-state index in [1.165, 1.54) is 24.3 Å². The van der Waals surface area contributed by atoms with Gasteiger partial charge in [-0.2, -0.15) is 0 Å². The molecule has 0 aliphatic carbocycles. The van der Waals surface area contributed by atoms with Crippen LogP contribution in [0.25, 0.3) is 0 Å². The third kappa shape index (κ3) is 4.13. The lowest BCUT2D eigenvalue weighted by Crippen LogP contribution is -2.14. The highest BCUT2D eigenvalue weighted by atomic mass is 19.1. The second-order valence-electron chi connectivity index (χ2n) is 5.81. The number of carbonyl (C=O) groups excluding carboxylic acids is 2. The highest BCUT2D eigenvalue weighted by Crippen LogP contribution is 2.17.